The Bertz CT molecular complexity index is 873. The van der Waals surface area contributed by atoms with Crippen LogP contribution < -0.4 is 9.47 Å². The van der Waals surface area contributed by atoms with E-state index in [0.29, 0.717) is 16.4 Å². The Morgan fingerprint density at radius 1 is 1.08 bits per heavy atom. The molecule has 1 aliphatic heterocycles. The number of aliphatic hydroxyl groups is 1. The minimum atomic E-state index is -3.49. The van der Waals surface area contributed by atoms with Gasteiger partial charge in [-0.1, -0.05) is 23.8 Å². The van der Waals surface area contributed by atoms with Gasteiger partial charge in [0, 0.05) is 18.4 Å². The van der Waals surface area contributed by atoms with E-state index in [0.717, 1.165) is 11.1 Å². The van der Waals surface area contributed by atoms with Gasteiger partial charge in [0.25, 0.3) is 0 Å². The van der Waals surface area contributed by atoms with Crippen molar-refractivity contribution in [2.45, 2.75) is 23.0 Å². The molecule has 4 rings (SSSR count). The third-order valence-electron chi connectivity index (χ3n) is 4.80. The zero-order valence-electron chi connectivity index (χ0n) is 13.2. The standard InChI is InChI=1S/C18H18O5S/c1-11-2-5-13(6-3-11)24(20,21)18-14(9-19)17(18)12-4-7-15-16(8-12)23-10-22-15/h2-8,14,17-19H,9-10H2,1H3/t14-,17-,18-/m1/s1. The summed E-state index contributed by atoms with van der Waals surface area (Å²) in [5.74, 6) is 0.771. The number of benzene rings is 2. The second-order valence-corrected chi connectivity index (χ2v) is 8.41. The number of rotatable bonds is 4. The Kier molecular flexibility index (Phi) is 3.54. The largest absolute Gasteiger partial charge is 0.454 e. The second kappa shape index (κ2) is 5.50. The lowest BCUT2D eigenvalue weighted by Gasteiger charge is -2.05. The lowest BCUT2D eigenvalue weighted by atomic mass is 10.1. The first-order valence-corrected chi connectivity index (χ1v) is 9.38. The van der Waals surface area contributed by atoms with Gasteiger partial charge in [0.05, 0.1) is 10.1 Å². The summed E-state index contributed by atoms with van der Waals surface area (Å²) in [6.45, 7) is 1.94. The zero-order valence-corrected chi connectivity index (χ0v) is 14.0. The first kappa shape index (κ1) is 15.5. The van der Waals surface area contributed by atoms with E-state index < -0.39 is 15.1 Å². The normalized spacial score (nSPS) is 24.8. The van der Waals surface area contributed by atoms with Crippen molar-refractivity contribution in [1.29, 1.82) is 0 Å². The van der Waals surface area contributed by atoms with Gasteiger partial charge in [-0.15, -0.1) is 0 Å². The van der Waals surface area contributed by atoms with Crippen LogP contribution in [0.5, 0.6) is 11.5 Å². The number of hydrogen-bond donors (Lipinski definition) is 1. The van der Waals surface area contributed by atoms with Crippen molar-refractivity contribution in [2.75, 3.05) is 13.4 Å². The lowest BCUT2D eigenvalue weighted by Crippen LogP contribution is -2.11. The molecule has 0 amide bonds. The summed E-state index contributed by atoms with van der Waals surface area (Å²) in [6, 6.07) is 12.3. The number of aliphatic hydroxyl groups excluding tert-OH is 1. The molecule has 0 bridgehead atoms. The molecule has 0 aromatic heterocycles. The zero-order chi connectivity index (χ0) is 16.9. The van der Waals surface area contributed by atoms with Crippen LogP contribution in [-0.2, 0) is 9.84 Å². The molecule has 2 aromatic carbocycles. The third-order valence-corrected chi connectivity index (χ3v) is 7.09. The van der Waals surface area contributed by atoms with E-state index in [4.69, 9.17) is 9.47 Å². The molecule has 1 fully saturated rings. The van der Waals surface area contributed by atoms with E-state index >= 15 is 0 Å². The van der Waals surface area contributed by atoms with E-state index in [1.165, 1.54) is 0 Å². The van der Waals surface area contributed by atoms with Crippen LogP contribution in [0.4, 0.5) is 0 Å². The smallest absolute Gasteiger partial charge is 0.231 e. The Morgan fingerprint density at radius 3 is 2.50 bits per heavy atom. The summed E-state index contributed by atoms with van der Waals surface area (Å²) in [7, 11) is -3.49. The molecule has 0 saturated heterocycles. The summed E-state index contributed by atoms with van der Waals surface area (Å²) < 4.78 is 36.5. The molecule has 2 aromatic rings. The maximum Gasteiger partial charge on any atom is 0.231 e. The lowest BCUT2D eigenvalue weighted by molar-refractivity contribution is 0.174. The molecular weight excluding hydrogens is 328 g/mol. The highest BCUT2D eigenvalue weighted by atomic mass is 32.2. The van der Waals surface area contributed by atoms with Crippen LogP contribution in [0.3, 0.4) is 0 Å². The maximum absolute atomic E-state index is 12.9. The van der Waals surface area contributed by atoms with Crippen LogP contribution in [0.25, 0.3) is 0 Å². The summed E-state index contributed by atoms with van der Waals surface area (Å²) >= 11 is 0. The Balaban J connectivity index is 1.67. The molecule has 6 heteroatoms. The van der Waals surface area contributed by atoms with Gasteiger partial charge in [0.1, 0.15) is 0 Å². The predicted octanol–water partition coefficient (Wildman–Crippen LogP) is 2.27. The number of fused-ring (bicyclic) bond motifs is 1. The van der Waals surface area contributed by atoms with Gasteiger partial charge in [-0.2, -0.15) is 0 Å². The minimum Gasteiger partial charge on any atom is -0.454 e. The molecule has 1 aliphatic carbocycles. The molecule has 1 saturated carbocycles. The van der Waals surface area contributed by atoms with Crippen LogP contribution in [0.15, 0.2) is 47.4 Å². The first-order valence-electron chi connectivity index (χ1n) is 7.83. The number of hydrogen-bond acceptors (Lipinski definition) is 5. The highest BCUT2D eigenvalue weighted by Gasteiger charge is 2.58. The van der Waals surface area contributed by atoms with Gasteiger partial charge in [-0.3, -0.25) is 0 Å². The summed E-state index contributed by atoms with van der Waals surface area (Å²) in [6.07, 6.45) is 0. The van der Waals surface area contributed by atoms with Crippen LogP contribution in [-0.4, -0.2) is 32.2 Å². The molecule has 24 heavy (non-hydrogen) atoms. The van der Waals surface area contributed by atoms with Gasteiger partial charge in [0.15, 0.2) is 21.3 Å². The Morgan fingerprint density at radius 2 is 1.79 bits per heavy atom. The van der Waals surface area contributed by atoms with Gasteiger partial charge in [-0.25, -0.2) is 8.42 Å². The number of aryl methyl sites for hydroxylation is 1. The van der Waals surface area contributed by atoms with E-state index in [1.54, 1.807) is 30.3 Å². The first-order chi connectivity index (χ1) is 11.5. The van der Waals surface area contributed by atoms with Gasteiger partial charge in [0.2, 0.25) is 6.79 Å². The molecule has 0 spiro atoms. The second-order valence-electron chi connectivity index (χ2n) is 6.31. The minimum absolute atomic E-state index is 0.158. The van der Waals surface area contributed by atoms with Crippen LogP contribution in [0, 0.1) is 12.8 Å². The Hall–Kier alpha value is -2.05. The Labute approximate surface area is 140 Å². The SMILES string of the molecule is Cc1ccc(S(=O)(=O)[C@@H]2[C@H](CO)[C@H]2c2ccc3c(c2)OCO3)cc1. The fourth-order valence-electron chi connectivity index (χ4n) is 3.43. The average molecular weight is 346 g/mol. The number of sulfone groups is 1. The predicted molar refractivity (Wildman–Crippen MR) is 88.0 cm³/mol. The molecule has 0 radical (unpaired) electrons. The molecule has 3 atom stereocenters. The molecule has 5 nitrogen and oxygen atoms in total. The van der Waals surface area contributed by atoms with Gasteiger partial charge < -0.3 is 14.6 Å². The highest BCUT2D eigenvalue weighted by molar-refractivity contribution is 7.92. The van der Waals surface area contributed by atoms with Crippen molar-refractivity contribution < 1.29 is 23.0 Å². The third kappa shape index (κ3) is 2.37. The fourth-order valence-corrected chi connectivity index (χ4v) is 5.62. The van der Waals surface area contributed by atoms with Crippen molar-refractivity contribution in [1.82, 2.24) is 0 Å². The molecule has 1 N–H and O–H groups in total. The van der Waals surface area contributed by atoms with Crippen molar-refractivity contribution in [3.63, 3.8) is 0 Å². The van der Waals surface area contributed by atoms with Crippen molar-refractivity contribution >= 4 is 9.84 Å². The monoisotopic (exact) mass is 346 g/mol. The maximum atomic E-state index is 12.9. The van der Waals surface area contributed by atoms with E-state index in [2.05, 4.69) is 0 Å². The molecule has 126 valence electrons. The van der Waals surface area contributed by atoms with Gasteiger partial charge in [-0.05, 0) is 36.8 Å². The van der Waals surface area contributed by atoms with E-state index in [9.17, 15) is 13.5 Å². The fraction of sp³-hybridized carbons (Fsp3) is 0.333. The van der Waals surface area contributed by atoms with Crippen molar-refractivity contribution in [3.05, 3.63) is 53.6 Å². The van der Waals surface area contributed by atoms with Crippen LogP contribution in [0.1, 0.15) is 17.0 Å². The van der Waals surface area contributed by atoms with Crippen LogP contribution >= 0.6 is 0 Å². The van der Waals surface area contributed by atoms with Crippen LogP contribution in [0.2, 0.25) is 0 Å². The van der Waals surface area contributed by atoms with Gasteiger partial charge >= 0.3 is 0 Å². The quantitative estimate of drug-likeness (QED) is 0.919. The molecule has 0 unspecified atom stereocenters. The summed E-state index contributed by atoms with van der Waals surface area (Å²) in [4.78, 5) is 0.305. The average Bonchev–Trinajstić information content (AvgIpc) is 3.15. The number of ether oxygens (including phenoxy) is 2. The summed E-state index contributed by atoms with van der Waals surface area (Å²) in [5, 5.41) is 9.03. The topological polar surface area (TPSA) is 72.8 Å². The molecular formula is C18H18O5S. The van der Waals surface area contributed by atoms with Crippen molar-refractivity contribution in [3.8, 4) is 11.5 Å². The van der Waals surface area contributed by atoms with E-state index in [-0.39, 0.29) is 25.2 Å². The highest BCUT2D eigenvalue weighted by Crippen LogP contribution is 2.54. The van der Waals surface area contributed by atoms with E-state index in [1.807, 2.05) is 19.1 Å². The molecule has 1 heterocycles. The summed E-state index contributed by atoms with van der Waals surface area (Å²) in [5.41, 5.74) is 1.87. The van der Waals surface area contributed by atoms with Crippen molar-refractivity contribution in [2.24, 2.45) is 5.92 Å². The molecule has 2 aliphatic rings.